The molecule has 1 aromatic rings. The molecular weight excluding hydrogens is 386 g/mol. The minimum absolute atomic E-state index is 0.0474. The van der Waals surface area contributed by atoms with Gasteiger partial charge in [-0.15, -0.1) is 11.3 Å². The van der Waals surface area contributed by atoms with Crippen molar-refractivity contribution in [1.82, 2.24) is 10.2 Å². The largest absolute Gasteiger partial charge is 0.388 e. The van der Waals surface area contributed by atoms with Gasteiger partial charge in [-0.25, -0.2) is 4.79 Å². The fourth-order valence-corrected chi connectivity index (χ4v) is 4.46. The van der Waals surface area contributed by atoms with Crippen LogP contribution in [0.4, 0.5) is 9.80 Å². The summed E-state index contributed by atoms with van der Waals surface area (Å²) in [6, 6.07) is 3.31. The molecule has 3 amide bonds. The van der Waals surface area contributed by atoms with Crippen LogP contribution < -0.4 is 10.6 Å². The van der Waals surface area contributed by atoms with Crippen LogP contribution in [0.1, 0.15) is 12.8 Å². The summed E-state index contributed by atoms with van der Waals surface area (Å²) in [7, 11) is 0. The number of morpholine rings is 1. The lowest BCUT2D eigenvalue weighted by Crippen LogP contribution is -2.43. The van der Waals surface area contributed by atoms with E-state index in [1.165, 1.54) is 11.3 Å². The molecule has 0 spiro atoms. The van der Waals surface area contributed by atoms with E-state index in [2.05, 4.69) is 10.6 Å². The zero-order chi connectivity index (χ0) is 19.5. The molecule has 3 aliphatic rings. The van der Waals surface area contributed by atoms with E-state index in [0.717, 1.165) is 5.00 Å². The minimum atomic E-state index is -0.837. The van der Waals surface area contributed by atoms with E-state index < -0.39 is 18.3 Å². The molecule has 0 aromatic carbocycles. The number of rotatable bonds is 5. The van der Waals surface area contributed by atoms with Gasteiger partial charge in [0.1, 0.15) is 18.3 Å². The lowest BCUT2D eigenvalue weighted by Gasteiger charge is -2.28. The fraction of sp³-hybridized carbons (Fsp3) is 0.667. The maximum absolute atomic E-state index is 12.4. The smallest absolute Gasteiger partial charge is 0.319 e. The Morgan fingerprint density at radius 3 is 2.82 bits per heavy atom. The third-order valence-electron chi connectivity index (χ3n) is 5.27. The number of anilines is 1. The van der Waals surface area contributed by atoms with Gasteiger partial charge >= 0.3 is 6.03 Å². The highest BCUT2D eigenvalue weighted by atomic mass is 32.1. The topological polar surface area (TPSA) is 109 Å². The van der Waals surface area contributed by atoms with Crippen molar-refractivity contribution in [3.05, 3.63) is 17.5 Å². The first-order chi connectivity index (χ1) is 13.6. The first-order valence-corrected chi connectivity index (χ1v) is 10.4. The van der Waals surface area contributed by atoms with Crippen LogP contribution in [0.25, 0.3) is 0 Å². The van der Waals surface area contributed by atoms with Gasteiger partial charge in [-0.05, 0) is 17.5 Å². The number of nitrogens with one attached hydrogen (secondary N) is 2. The zero-order valence-corrected chi connectivity index (χ0v) is 16.2. The Bertz CT molecular complexity index is 681. The van der Waals surface area contributed by atoms with Crippen LogP contribution in [0.3, 0.4) is 0 Å². The molecule has 3 saturated heterocycles. The predicted octanol–water partition coefficient (Wildman–Crippen LogP) is 0.404. The summed E-state index contributed by atoms with van der Waals surface area (Å²) >= 11 is 1.43. The number of nitrogens with zero attached hydrogens (tertiary/aromatic N) is 1. The summed E-state index contributed by atoms with van der Waals surface area (Å²) in [6.07, 6.45) is -1.49. The second-order valence-electron chi connectivity index (χ2n) is 7.17. The molecule has 0 saturated carbocycles. The Morgan fingerprint density at radius 1 is 1.29 bits per heavy atom. The van der Waals surface area contributed by atoms with Crippen LogP contribution in [0.15, 0.2) is 17.5 Å². The second-order valence-corrected chi connectivity index (χ2v) is 8.12. The number of thiophene rings is 1. The standard InChI is InChI=1S/C18H25N3O6S/c22-15(21-3-5-25-6-4-21)9-11-8-12-17(26-11)16(23)13(27-12)10-19-18(24)20-14-2-1-7-28-14/h1-2,7,11-13,16-17,23H,3-6,8-10H2,(H2,19,20,24)/t11-,12+,13+,16+,17-/m0/s1. The third kappa shape index (κ3) is 4.47. The molecule has 4 heterocycles. The highest BCUT2D eigenvalue weighted by Gasteiger charge is 2.50. The predicted molar refractivity (Wildman–Crippen MR) is 101 cm³/mol. The van der Waals surface area contributed by atoms with Crippen molar-refractivity contribution < 1.29 is 28.9 Å². The molecule has 3 aliphatic heterocycles. The number of aliphatic hydroxyl groups excluding tert-OH is 1. The molecule has 0 bridgehead atoms. The molecule has 3 fully saturated rings. The van der Waals surface area contributed by atoms with Crippen molar-refractivity contribution in [2.24, 2.45) is 0 Å². The van der Waals surface area contributed by atoms with Gasteiger partial charge in [0.2, 0.25) is 5.91 Å². The van der Waals surface area contributed by atoms with Gasteiger partial charge in [-0.1, -0.05) is 0 Å². The number of amides is 3. The monoisotopic (exact) mass is 411 g/mol. The molecule has 10 heteroatoms. The Balaban J connectivity index is 1.21. The van der Waals surface area contributed by atoms with E-state index >= 15 is 0 Å². The lowest BCUT2D eigenvalue weighted by molar-refractivity contribution is -0.138. The van der Waals surface area contributed by atoms with Gasteiger partial charge in [-0.2, -0.15) is 0 Å². The minimum Gasteiger partial charge on any atom is -0.388 e. The van der Waals surface area contributed by atoms with E-state index in [-0.39, 0.29) is 37.1 Å². The van der Waals surface area contributed by atoms with E-state index in [1.807, 2.05) is 17.5 Å². The molecule has 0 aliphatic carbocycles. The molecule has 4 rings (SSSR count). The van der Waals surface area contributed by atoms with Crippen molar-refractivity contribution in [2.75, 3.05) is 38.2 Å². The van der Waals surface area contributed by atoms with Crippen LogP contribution in [0, 0.1) is 0 Å². The number of carbonyl (C=O) groups is 2. The molecule has 0 radical (unpaired) electrons. The van der Waals surface area contributed by atoms with Crippen molar-refractivity contribution in [2.45, 2.75) is 43.4 Å². The van der Waals surface area contributed by atoms with E-state index in [1.54, 1.807) is 4.90 Å². The summed E-state index contributed by atoms with van der Waals surface area (Å²) in [5.41, 5.74) is 0. The maximum Gasteiger partial charge on any atom is 0.319 e. The lowest BCUT2D eigenvalue weighted by atomic mass is 10.1. The Labute approximate surface area is 166 Å². The van der Waals surface area contributed by atoms with Gasteiger partial charge in [0.25, 0.3) is 0 Å². The molecule has 3 N–H and O–H groups in total. The Kier molecular flexibility index (Phi) is 6.12. The number of carbonyl (C=O) groups excluding carboxylic acids is 2. The highest BCUT2D eigenvalue weighted by molar-refractivity contribution is 7.14. The zero-order valence-electron chi connectivity index (χ0n) is 15.4. The summed E-state index contributed by atoms with van der Waals surface area (Å²) in [4.78, 5) is 26.1. The molecule has 1 aromatic heterocycles. The first kappa shape index (κ1) is 19.6. The average molecular weight is 411 g/mol. The fourth-order valence-electron chi connectivity index (χ4n) is 3.84. The summed E-state index contributed by atoms with van der Waals surface area (Å²) in [5.74, 6) is 0.0474. The van der Waals surface area contributed by atoms with Crippen molar-refractivity contribution in [3.8, 4) is 0 Å². The van der Waals surface area contributed by atoms with Crippen molar-refractivity contribution >= 4 is 28.3 Å². The van der Waals surface area contributed by atoms with E-state index in [4.69, 9.17) is 14.2 Å². The van der Waals surface area contributed by atoms with Gasteiger partial charge in [0.05, 0.1) is 36.8 Å². The SMILES string of the molecule is O=C(NC[C@H]1O[C@@H]2C[C@@H](CC(=O)N3CCOCC3)O[C@@H]2[C@@H]1O)Nc1cccs1. The van der Waals surface area contributed by atoms with Crippen LogP contribution in [0.5, 0.6) is 0 Å². The van der Waals surface area contributed by atoms with Crippen LogP contribution in [-0.2, 0) is 19.0 Å². The van der Waals surface area contributed by atoms with E-state index in [0.29, 0.717) is 32.7 Å². The molecular formula is C18H25N3O6S. The number of aliphatic hydroxyl groups is 1. The van der Waals surface area contributed by atoms with Gasteiger partial charge in [-0.3, -0.25) is 10.1 Å². The highest BCUT2D eigenvalue weighted by Crippen LogP contribution is 2.35. The van der Waals surface area contributed by atoms with Gasteiger partial charge in [0.15, 0.2) is 0 Å². The van der Waals surface area contributed by atoms with Crippen molar-refractivity contribution in [1.29, 1.82) is 0 Å². The molecule has 9 nitrogen and oxygen atoms in total. The van der Waals surface area contributed by atoms with Gasteiger partial charge in [0, 0.05) is 26.1 Å². The van der Waals surface area contributed by atoms with Crippen LogP contribution >= 0.6 is 11.3 Å². The molecule has 28 heavy (non-hydrogen) atoms. The molecule has 5 atom stereocenters. The molecule has 154 valence electrons. The van der Waals surface area contributed by atoms with Gasteiger partial charge < -0.3 is 29.5 Å². The second kappa shape index (κ2) is 8.75. The first-order valence-electron chi connectivity index (χ1n) is 9.53. The van der Waals surface area contributed by atoms with E-state index in [9.17, 15) is 14.7 Å². The number of fused-ring (bicyclic) bond motifs is 1. The third-order valence-corrected chi connectivity index (χ3v) is 6.05. The summed E-state index contributed by atoms with van der Waals surface area (Å²) < 4.78 is 17.0. The summed E-state index contributed by atoms with van der Waals surface area (Å²) in [5, 5.41) is 18.6. The Morgan fingerprint density at radius 2 is 2.11 bits per heavy atom. The summed E-state index contributed by atoms with van der Waals surface area (Å²) in [6.45, 7) is 2.54. The normalized spacial score (nSPS) is 32.2. The number of hydrogen-bond donors (Lipinski definition) is 3. The number of urea groups is 1. The average Bonchev–Trinajstić information content (AvgIpc) is 3.40. The number of ether oxygens (including phenoxy) is 3. The van der Waals surface area contributed by atoms with Crippen molar-refractivity contribution in [3.63, 3.8) is 0 Å². The van der Waals surface area contributed by atoms with Crippen LogP contribution in [-0.4, -0.2) is 85.3 Å². The maximum atomic E-state index is 12.4. The quantitative estimate of drug-likeness (QED) is 0.647. The number of hydrogen-bond acceptors (Lipinski definition) is 7. The Hall–Kier alpha value is -1.72. The van der Waals surface area contributed by atoms with Crippen LogP contribution in [0.2, 0.25) is 0 Å². The molecule has 0 unspecified atom stereocenters.